The summed E-state index contributed by atoms with van der Waals surface area (Å²) in [6.07, 6.45) is 61.5. The van der Waals surface area contributed by atoms with Crippen molar-refractivity contribution in [3.05, 3.63) is 24.3 Å². The van der Waals surface area contributed by atoms with E-state index in [1.54, 1.807) is 0 Å². The highest BCUT2D eigenvalue weighted by molar-refractivity contribution is 5.76. The number of allylic oxidation sites excluding steroid dienone is 4. The number of unbranched alkanes of at least 4 members (excludes halogenated alkanes) is 36. The van der Waals surface area contributed by atoms with E-state index in [4.69, 9.17) is 4.74 Å². The SMILES string of the molecule is CCC/C=C\C/C=C\CCCCCCCC(=O)OCCCCCCCCCCCCCCCCCCCC(=O)NC(CO)C(O)CCCCCCCCCCCCCCCCC. The van der Waals surface area contributed by atoms with Crippen LogP contribution < -0.4 is 5.32 Å². The first-order valence-electron chi connectivity index (χ1n) is 27.6. The predicted molar refractivity (Wildman–Crippen MR) is 269 cm³/mol. The van der Waals surface area contributed by atoms with Crippen LogP contribution in [-0.4, -0.2) is 47.4 Å². The molecule has 3 N–H and O–H groups in total. The van der Waals surface area contributed by atoms with Crippen molar-refractivity contribution in [2.75, 3.05) is 13.2 Å². The molecule has 366 valence electrons. The summed E-state index contributed by atoms with van der Waals surface area (Å²) in [7, 11) is 0. The zero-order valence-electron chi connectivity index (χ0n) is 41.6. The molecule has 0 heterocycles. The molecule has 62 heavy (non-hydrogen) atoms. The van der Waals surface area contributed by atoms with Gasteiger partial charge in [0.15, 0.2) is 0 Å². The van der Waals surface area contributed by atoms with Gasteiger partial charge in [0.05, 0.1) is 25.4 Å². The highest BCUT2D eigenvalue weighted by Crippen LogP contribution is 2.17. The van der Waals surface area contributed by atoms with Gasteiger partial charge in [0.2, 0.25) is 5.91 Å². The third-order valence-corrected chi connectivity index (χ3v) is 12.7. The van der Waals surface area contributed by atoms with Crippen molar-refractivity contribution in [3.63, 3.8) is 0 Å². The van der Waals surface area contributed by atoms with Gasteiger partial charge in [-0.15, -0.1) is 0 Å². The molecular weight excluding hydrogens is 767 g/mol. The van der Waals surface area contributed by atoms with Gasteiger partial charge in [-0.3, -0.25) is 9.59 Å². The lowest BCUT2D eigenvalue weighted by Gasteiger charge is -2.22. The first-order chi connectivity index (χ1) is 30.5. The third-order valence-electron chi connectivity index (χ3n) is 12.7. The molecule has 0 aromatic carbocycles. The Kier molecular flexibility index (Phi) is 50.6. The standard InChI is InChI=1S/C56H107NO5/c1-3-5-7-9-11-13-15-17-21-25-28-32-36-40-44-48-54(59)53(52-58)57-55(60)49-45-41-37-33-29-26-22-19-18-20-23-27-31-35-39-43-47-51-62-56(61)50-46-42-38-34-30-24-16-14-12-10-8-6-4-2/h8,10,14,16,53-54,58-59H,3-7,9,11-13,15,17-52H2,1-2H3,(H,57,60)/b10-8-,16-14-. The van der Waals surface area contributed by atoms with Crippen molar-refractivity contribution >= 4 is 11.9 Å². The van der Waals surface area contributed by atoms with Crippen LogP contribution in [-0.2, 0) is 14.3 Å². The number of hydrogen-bond donors (Lipinski definition) is 3. The molecule has 0 saturated carbocycles. The molecule has 0 rings (SSSR count). The first-order valence-corrected chi connectivity index (χ1v) is 27.6. The van der Waals surface area contributed by atoms with Crippen LogP contribution in [0.5, 0.6) is 0 Å². The highest BCUT2D eigenvalue weighted by Gasteiger charge is 2.20. The van der Waals surface area contributed by atoms with Gasteiger partial charge in [0.25, 0.3) is 0 Å². The first kappa shape index (κ1) is 60.3. The number of esters is 1. The molecule has 0 saturated heterocycles. The summed E-state index contributed by atoms with van der Waals surface area (Å²) in [6, 6.07) is -0.545. The van der Waals surface area contributed by atoms with Gasteiger partial charge in [-0.25, -0.2) is 0 Å². The average Bonchev–Trinajstić information content (AvgIpc) is 3.27. The van der Waals surface area contributed by atoms with Gasteiger partial charge in [-0.1, -0.05) is 256 Å². The maximum Gasteiger partial charge on any atom is 0.305 e. The summed E-state index contributed by atoms with van der Waals surface area (Å²) in [5.41, 5.74) is 0. The smallest absolute Gasteiger partial charge is 0.305 e. The van der Waals surface area contributed by atoms with Crippen LogP contribution in [0.2, 0.25) is 0 Å². The molecule has 0 spiro atoms. The van der Waals surface area contributed by atoms with Gasteiger partial charge in [0, 0.05) is 12.8 Å². The summed E-state index contributed by atoms with van der Waals surface area (Å²) >= 11 is 0. The van der Waals surface area contributed by atoms with Crippen LogP contribution in [0.15, 0.2) is 24.3 Å². The minimum absolute atomic E-state index is 0.00986. The van der Waals surface area contributed by atoms with Crippen LogP contribution >= 0.6 is 0 Å². The fraction of sp³-hybridized carbons (Fsp3) is 0.893. The third kappa shape index (κ3) is 47.8. The number of nitrogens with one attached hydrogen (secondary N) is 1. The van der Waals surface area contributed by atoms with Crippen LogP contribution in [0.25, 0.3) is 0 Å². The Morgan fingerprint density at radius 2 is 0.839 bits per heavy atom. The molecule has 0 aliphatic heterocycles. The Morgan fingerprint density at radius 1 is 0.452 bits per heavy atom. The van der Waals surface area contributed by atoms with Crippen molar-refractivity contribution in [1.29, 1.82) is 0 Å². The van der Waals surface area contributed by atoms with Crippen molar-refractivity contribution < 1.29 is 24.5 Å². The summed E-state index contributed by atoms with van der Waals surface area (Å²) in [4.78, 5) is 24.5. The number of aliphatic hydroxyl groups excluding tert-OH is 2. The predicted octanol–water partition coefficient (Wildman–Crippen LogP) is 16.7. The monoisotopic (exact) mass is 874 g/mol. The van der Waals surface area contributed by atoms with Crippen molar-refractivity contribution in [2.24, 2.45) is 0 Å². The minimum Gasteiger partial charge on any atom is -0.466 e. The van der Waals surface area contributed by atoms with E-state index in [2.05, 4.69) is 43.5 Å². The molecule has 0 bridgehead atoms. The summed E-state index contributed by atoms with van der Waals surface area (Å²) < 4.78 is 5.46. The van der Waals surface area contributed by atoms with Gasteiger partial charge in [-0.2, -0.15) is 0 Å². The van der Waals surface area contributed by atoms with Gasteiger partial charge >= 0.3 is 5.97 Å². The molecule has 0 aliphatic carbocycles. The number of ether oxygens (including phenoxy) is 1. The second-order valence-corrected chi connectivity index (χ2v) is 18.9. The fourth-order valence-corrected chi connectivity index (χ4v) is 8.50. The van der Waals surface area contributed by atoms with Gasteiger partial charge < -0.3 is 20.3 Å². The largest absolute Gasteiger partial charge is 0.466 e. The maximum absolute atomic E-state index is 12.5. The quantitative estimate of drug-likeness (QED) is 0.0321. The van der Waals surface area contributed by atoms with E-state index in [0.717, 1.165) is 51.4 Å². The van der Waals surface area contributed by atoms with Crippen LogP contribution in [0.4, 0.5) is 0 Å². The van der Waals surface area contributed by atoms with E-state index in [0.29, 0.717) is 25.9 Å². The molecule has 2 unspecified atom stereocenters. The molecule has 0 radical (unpaired) electrons. The second-order valence-electron chi connectivity index (χ2n) is 18.9. The maximum atomic E-state index is 12.5. The summed E-state index contributed by atoms with van der Waals surface area (Å²) in [5, 5.41) is 23.3. The number of amides is 1. The number of rotatable bonds is 51. The van der Waals surface area contributed by atoms with E-state index in [-0.39, 0.29) is 18.5 Å². The van der Waals surface area contributed by atoms with E-state index in [9.17, 15) is 19.8 Å². The second kappa shape index (κ2) is 52.0. The highest BCUT2D eigenvalue weighted by atomic mass is 16.5. The normalized spacial score (nSPS) is 12.8. The summed E-state index contributed by atoms with van der Waals surface area (Å²) in [5.74, 6) is -0.0495. The van der Waals surface area contributed by atoms with Gasteiger partial charge in [-0.05, 0) is 51.4 Å². The van der Waals surface area contributed by atoms with E-state index in [1.165, 1.54) is 212 Å². The lowest BCUT2D eigenvalue weighted by molar-refractivity contribution is -0.143. The zero-order chi connectivity index (χ0) is 45.1. The molecule has 0 aliphatic rings. The molecule has 2 atom stereocenters. The number of carbonyl (C=O) groups is 2. The number of hydrogen-bond acceptors (Lipinski definition) is 5. The minimum atomic E-state index is -0.668. The summed E-state index contributed by atoms with van der Waals surface area (Å²) in [6.45, 7) is 4.88. The van der Waals surface area contributed by atoms with Crippen LogP contribution in [0, 0.1) is 0 Å². The van der Waals surface area contributed by atoms with E-state index in [1.807, 2.05) is 0 Å². The zero-order valence-corrected chi connectivity index (χ0v) is 41.6. The van der Waals surface area contributed by atoms with Crippen LogP contribution in [0.1, 0.15) is 296 Å². The fourth-order valence-electron chi connectivity index (χ4n) is 8.50. The lowest BCUT2D eigenvalue weighted by Crippen LogP contribution is -2.45. The Morgan fingerprint density at radius 3 is 1.29 bits per heavy atom. The lowest BCUT2D eigenvalue weighted by atomic mass is 10.0. The van der Waals surface area contributed by atoms with Crippen molar-refractivity contribution in [1.82, 2.24) is 5.32 Å². The topological polar surface area (TPSA) is 95.9 Å². The molecule has 6 nitrogen and oxygen atoms in total. The van der Waals surface area contributed by atoms with Crippen LogP contribution in [0.3, 0.4) is 0 Å². The molecule has 6 heteroatoms. The Labute approximate surface area is 386 Å². The Hall–Kier alpha value is -1.66. The average molecular weight is 874 g/mol. The molecule has 0 aromatic heterocycles. The Balaban J connectivity index is 3.42. The molecular formula is C56H107NO5. The molecule has 0 fully saturated rings. The van der Waals surface area contributed by atoms with E-state index >= 15 is 0 Å². The van der Waals surface area contributed by atoms with E-state index < -0.39 is 12.1 Å². The molecule has 0 aromatic rings. The van der Waals surface area contributed by atoms with Gasteiger partial charge in [0.1, 0.15) is 0 Å². The number of carbonyl (C=O) groups excluding carboxylic acids is 2. The Bertz CT molecular complexity index is 966. The van der Waals surface area contributed by atoms with Crippen molar-refractivity contribution in [2.45, 2.75) is 309 Å². The van der Waals surface area contributed by atoms with Crippen molar-refractivity contribution in [3.8, 4) is 0 Å². The number of aliphatic hydroxyl groups is 2. The molecule has 1 amide bonds.